The molecule has 1 aliphatic carbocycles. The predicted octanol–water partition coefficient (Wildman–Crippen LogP) is 3.28. The van der Waals surface area contributed by atoms with Crippen molar-refractivity contribution in [1.82, 2.24) is 10.3 Å². The van der Waals surface area contributed by atoms with Gasteiger partial charge in [-0.3, -0.25) is 0 Å². The molecule has 5 heteroatoms. The summed E-state index contributed by atoms with van der Waals surface area (Å²) in [6.07, 6.45) is 6.71. The van der Waals surface area contributed by atoms with Gasteiger partial charge in [-0.15, -0.1) is 0 Å². The van der Waals surface area contributed by atoms with Crippen LogP contribution in [0, 0.1) is 5.92 Å². The van der Waals surface area contributed by atoms with Crippen LogP contribution in [0.3, 0.4) is 0 Å². The molecule has 0 amide bonds. The van der Waals surface area contributed by atoms with Crippen LogP contribution in [0.15, 0.2) is 0 Å². The number of nitrogens with one attached hydrogen (secondary N) is 1. The Morgan fingerprint density at radius 3 is 2.75 bits per heavy atom. The molecule has 114 valence electrons. The van der Waals surface area contributed by atoms with E-state index in [2.05, 4.69) is 17.2 Å². The van der Waals surface area contributed by atoms with E-state index in [-0.39, 0.29) is 0 Å². The van der Waals surface area contributed by atoms with Crippen molar-refractivity contribution in [1.29, 1.82) is 0 Å². The Balaban J connectivity index is 1.98. The first-order valence-electron chi connectivity index (χ1n) is 7.60. The zero-order valence-electron chi connectivity index (χ0n) is 13.1. The summed E-state index contributed by atoms with van der Waals surface area (Å²) in [4.78, 5) is 7.75. The van der Waals surface area contributed by atoms with Crippen molar-refractivity contribution < 1.29 is 4.74 Å². The number of nitrogens with zero attached hydrogens (tertiary/aromatic N) is 2. The Morgan fingerprint density at radius 1 is 1.35 bits per heavy atom. The maximum absolute atomic E-state index is 5.40. The number of anilines is 1. The summed E-state index contributed by atoms with van der Waals surface area (Å²) in [5.41, 5.74) is 0. The fourth-order valence-electron chi connectivity index (χ4n) is 2.98. The molecule has 1 aromatic rings. The molecular weight excluding hydrogens is 270 g/mol. The molecule has 0 aliphatic heterocycles. The number of rotatable bonds is 6. The maximum atomic E-state index is 5.40. The fraction of sp³-hybridized carbons (Fsp3) is 0.800. The second-order valence-electron chi connectivity index (χ2n) is 5.76. The molecule has 0 bridgehead atoms. The Morgan fingerprint density at radius 2 is 2.10 bits per heavy atom. The van der Waals surface area contributed by atoms with Crippen LogP contribution >= 0.6 is 11.3 Å². The lowest BCUT2D eigenvalue weighted by Crippen LogP contribution is -2.37. The van der Waals surface area contributed by atoms with Crippen molar-refractivity contribution >= 4 is 16.5 Å². The van der Waals surface area contributed by atoms with Gasteiger partial charge in [0.2, 0.25) is 5.88 Å². The third kappa shape index (κ3) is 3.64. The molecule has 0 aromatic carbocycles. The molecule has 1 heterocycles. The van der Waals surface area contributed by atoms with E-state index in [1.807, 2.05) is 19.0 Å². The van der Waals surface area contributed by atoms with E-state index < -0.39 is 0 Å². The standard InChI is InChI=1S/C15H27N3OS/c1-5-11-8-6-7-9-12(11)16-10-13-14(19-4)17-15(20-13)18(2)3/h11-12,16H,5-10H2,1-4H3. The zero-order valence-corrected chi connectivity index (χ0v) is 13.9. The van der Waals surface area contributed by atoms with Crippen LogP contribution in [-0.4, -0.2) is 32.2 Å². The molecule has 1 aromatic heterocycles. The van der Waals surface area contributed by atoms with E-state index in [1.165, 1.54) is 37.0 Å². The van der Waals surface area contributed by atoms with Gasteiger partial charge < -0.3 is 15.0 Å². The molecular formula is C15H27N3OS. The minimum absolute atomic E-state index is 0.656. The molecule has 20 heavy (non-hydrogen) atoms. The maximum Gasteiger partial charge on any atom is 0.230 e. The third-order valence-electron chi connectivity index (χ3n) is 4.18. The second-order valence-corrected chi connectivity index (χ2v) is 6.83. The van der Waals surface area contributed by atoms with Crippen molar-refractivity contribution in [2.24, 2.45) is 5.92 Å². The SMILES string of the molecule is CCC1CCCCC1NCc1sc(N(C)C)nc1OC. The summed E-state index contributed by atoms with van der Waals surface area (Å²) in [5.74, 6) is 1.60. The topological polar surface area (TPSA) is 37.4 Å². The van der Waals surface area contributed by atoms with Crippen LogP contribution < -0.4 is 15.0 Å². The molecule has 2 unspecified atom stereocenters. The van der Waals surface area contributed by atoms with Crippen molar-refractivity contribution in [3.8, 4) is 5.88 Å². The third-order valence-corrected chi connectivity index (χ3v) is 5.39. The van der Waals surface area contributed by atoms with Crippen molar-refractivity contribution in [3.63, 3.8) is 0 Å². The summed E-state index contributed by atoms with van der Waals surface area (Å²) < 4.78 is 5.40. The van der Waals surface area contributed by atoms with Crippen LogP contribution in [0.25, 0.3) is 0 Å². The average molecular weight is 297 g/mol. The first kappa shape index (κ1) is 15.6. The number of hydrogen-bond acceptors (Lipinski definition) is 5. The molecule has 1 fully saturated rings. The van der Waals surface area contributed by atoms with E-state index in [1.54, 1.807) is 18.4 Å². The van der Waals surface area contributed by atoms with Crippen molar-refractivity contribution in [3.05, 3.63) is 4.88 Å². The zero-order chi connectivity index (χ0) is 14.5. The van der Waals surface area contributed by atoms with Crippen LogP contribution in [0.4, 0.5) is 5.13 Å². The van der Waals surface area contributed by atoms with E-state index in [0.717, 1.165) is 23.5 Å². The first-order chi connectivity index (χ1) is 9.65. The van der Waals surface area contributed by atoms with Gasteiger partial charge in [-0.25, -0.2) is 0 Å². The second kappa shape index (κ2) is 7.27. The minimum Gasteiger partial charge on any atom is -0.480 e. The van der Waals surface area contributed by atoms with Gasteiger partial charge in [0.15, 0.2) is 5.13 Å². The van der Waals surface area contributed by atoms with Gasteiger partial charge >= 0.3 is 0 Å². The lowest BCUT2D eigenvalue weighted by atomic mass is 9.83. The van der Waals surface area contributed by atoms with Crippen molar-refractivity contribution in [2.45, 2.75) is 51.6 Å². The summed E-state index contributed by atoms with van der Waals surface area (Å²) in [6.45, 7) is 3.18. The predicted molar refractivity (Wildman–Crippen MR) is 85.9 cm³/mol. The van der Waals surface area contributed by atoms with E-state index in [0.29, 0.717) is 6.04 Å². The Hall–Kier alpha value is -0.810. The highest BCUT2D eigenvalue weighted by molar-refractivity contribution is 7.15. The number of hydrogen-bond donors (Lipinski definition) is 1. The van der Waals surface area contributed by atoms with Crippen LogP contribution in [0.1, 0.15) is 43.9 Å². The largest absolute Gasteiger partial charge is 0.480 e. The highest BCUT2D eigenvalue weighted by Crippen LogP contribution is 2.32. The Kier molecular flexibility index (Phi) is 5.66. The summed E-state index contributed by atoms with van der Waals surface area (Å²) in [6, 6.07) is 0.656. The highest BCUT2D eigenvalue weighted by atomic mass is 32.1. The van der Waals surface area contributed by atoms with Gasteiger partial charge in [0.1, 0.15) is 0 Å². The number of methoxy groups -OCH3 is 1. The van der Waals surface area contributed by atoms with Gasteiger partial charge in [0.25, 0.3) is 0 Å². The molecule has 0 spiro atoms. The van der Waals surface area contributed by atoms with E-state index in [4.69, 9.17) is 4.74 Å². The average Bonchev–Trinajstić information content (AvgIpc) is 2.89. The number of ether oxygens (including phenoxy) is 1. The molecule has 0 saturated heterocycles. The molecule has 0 radical (unpaired) electrons. The quantitative estimate of drug-likeness (QED) is 0.874. The number of thiazole rings is 1. The van der Waals surface area contributed by atoms with Gasteiger partial charge in [-0.05, 0) is 18.8 Å². The molecule has 2 atom stereocenters. The van der Waals surface area contributed by atoms with Crippen LogP contribution in [-0.2, 0) is 6.54 Å². The molecule has 1 N–H and O–H groups in total. The molecule has 1 aliphatic rings. The molecule has 1 saturated carbocycles. The summed E-state index contributed by atoms with van der Waals surface area (Å²) in [5, 5.41) is 4.75. The van der Waals surface area contributed by atoms with E-state index >= 15 is 0 Å². The Bertz CT molecular complexity index is 419. The fourth-order valence-corrected chi connectivity index (χ4v) is 3.88. The lowest BCUT2D eigenvalue weighted by Gasteiger charge is -2.31. The summed E-state index contributed by atoms with van der Waals surface area (Å²) in [7, 11) is 5.74. The smallest absolute Gasteiger partial charge is 0.230 e. The summed E-state index contributed by atoms with van der Waals surface area (Å²) >= 11 is 1.72. The van der Waals surface area contributed by atoms with Gasteiger partial charge in [-0.1, -0.05) is 37.5 Å². The van der Waals surface area contributed by atoms with Crippen LogP contribution in [0.5, 0.6) is 5.88 Å². The lowest BCUT2D eigenvalue weighted by molar-refractivity contribution is 0.254. The molecule has 2 rings (SSSR count). The number of aromatic nitrogens is 1. The van der Waals surface area contributed by atoms with Gasteiger partial charge in [0, 0.05) is 26.7 Å². The highest BCUT2D eigenvalue weighted by Gasteiger charge is 2.24. The molecule has 4 nitrogen and oxygen atoms in total. The minimum atomic E-state index is 0.656. The normalized spacial score (nSPS) is 22.8. The van der Waals surface area contributed by atoms with Gasteiger partial charge in [-0.2, -0.15) is 4.98 Å². The monoisotopic (exact) mass is 297 g/mol. The van der Waals surface area contributed by atoms with Crippen molar-refractivity contribution in [2.75, 3.05) is 26.1 Å². The van der Waals surface area contributed by atoms with Crippen LogP contribution in [0.2, 0.25) is 0 Å². The Labute approximate surface area is 126 Å². The first-order valence-corrected chi connectivity index (χ1v) is 8.41. The van der Waals surface area contributed by atoms with Gasteiger partial charge in [0.05, 0.1) is 12.0 Å². The van der Waals surface area contributed by atoms with E-state index in [9.17, 15) is 0 Å².